The van der Waals surface area contributed by atoms with Gasteiger partial charge in [0.15, 0.2) is 11.5 Å². The molecule has 1 aliphatic heterocycles. The lowest BCUT2D eigenvalue weighted by atomic mass is 9.95. The third kappa shape index (κ3) is 3.71. The molecule has 162 valence electrons. The minimum absolute atomic E-state index is 0.0632. The minimum atomic E-state index is -0.315. The number of methoxy groups -OCH3 is 1. The van der Waals surface area contributed by atoms with E-state index >= 15 is 0 Å². The maximum absolute atomic E-state index is 13.3. The van der Waals surface area contributed by atoms with Gasteiger partial charge in [-0.15, -0.1) is 0 Å². The van der Waals surface area contributed by atoms with Crippen LogP contribution in [-0.2, 0) is 0 Å². The number of aromatic amines is 1. The van der Waals surface area contributed by atoms with E-state index in [1.54, 1.807) is 13.2 Å². The van der Waals surface area contributed by atoms with E-state index in [4.69, 9.17) is 9.47 Å². The van der Waals surface area contributed by atoms with Crippen LogP contribution in [0.5, 0.6) is 17.2 Å². The summed E-state index contributed by atoms with van der Waals surface area (Å²) in [5, 5.41) is 17.6. The van der Waals surface area contributed by atoms with Crippen LogP contribution in [0.25, 0.3) is 11.3 Å². The topological polar surface area (TPSA) is 87.7 Å². The number of hydrogen-bond donors (Lipinski definition) is 2. The molecular formula is C24H27N3O4. The summed E-state index contributed by atoms with van der Waals surface area (Å²) in [7, 11) is 1.63. The van der Waals surface area contributed by atoms with Gasteiger partial charge < -0.3 is 19.5 Å². The van der Waals surface area contributed by atoms with Crippen molar-refractivity contribution in [2.45, 2.75) is 32.7 Å². The van der Waals surface area contributed by atoms with Gasteiger partial charge in [-0.3, -0.25) is 9.89 Å². The molecule has 31 heavy (non-hydrogen) atoms. The molecule has 3 aromatic rings. The number of fused-ring (bicyclic) bond motifs is 1. The molecule has 7 heteroatoms. The number of aromatic nitrogens is 2. The van der Waals surface area contributed by atoms with E-state index in [9.17, 15) is 9.90 Å². The fraction of sp³-hybridized carbons (Fsp3) is 0.333. The highest BCUT2D eigenvalue weighted by Gasteiger charge is 2.42. The molecule has 4 rings (SSSR count). The molecule has 1 aliphatic rings. The highest BCUT2D eigenvalue weighted by atomic mass is 16.5. The number of nitrogens with one attached hydrogen (secondary N) is 1. The van der Waals surface area contributed by atoms with Crippen molar-refractivity contribution in [3.05, 3.63) is 59.3 Å². The number of nitrogens with zero attached hydrogens (tertiary/aromatic N) is 2. The lowest BCUT2D eigenvalue weighted by molar-refractivity contribution is 0.0741. The summed E-state index contributed by atoms with van der Waals surface area (Å²) in [5.74, 6) is 1.18. The number of hydrogen-bond acceptors (Lipinski definition) is 5. The van der Waals surface area contributed by atoms with E-state index in [1.165, 1.54) is 0 Å². The molecule has 1 aromatic heterocycles. The first-order valence-electron chi connectivity index (χ1n) is 10.6. The number of unbranched alkanes of at least 4 members (excludes halogenated alkanes) is 1. The van der Waals surface area contributed by atoms with Crippen molar-refractivity contribution in [1.82, 2.24) is 15.1 Å². The number of phenols is 1. The number of amides is 1. The number of phenolic OH excluding ortho intramolecular Hbond substituents is 1. The molecule has 7 nitrogen and oxygen atoms in total. The number of ether oxygens (including phenoxy) is 2. The van der Waals surface area contributed by atoms with Gasteiger partial charge in [0.2, 0.25) is 0 Å². The first-order valence-corrected chi connectivity index (χ1v) is 10.6. The highest BCUT2D eigenvalue weighted by molar-refractivity contribution is 6.00. The van der Waals surface area contributed by atoms with Crippen LogP contribution in [0.1, 0.15) is 54.3 Å². The average molecular weight is 421 g/mol. The van der Waals surface area contributed by atoms with E-state index in [0.29, 0.717) is 24.6 Å². The smallest absolute Gasteiger partial charge is 0.273 e. The number of rotatable bonds is 8. The van der Waals surface area contributed by atoms with Crippen molar-refractivity contribution < 1.29 is 19.4 Å². The van der Waals surface area contributed by atoms with Crippen LogP contribution in [0, 0.1) is 0 Å². The normalized spacial score (nSPS) is 15.3. The molecule has 1 amide bonds. The second kappa shape index (κ2) is 8.71. The van der Waals surface area contributed by atoms with Gasteiger partial charge in [-0.25, -0.2) is 0 Å². The summed E-state index contributed by atoms with van der Waals surface area (Å²) in [4.78, 5) is 15.1. The fourth-order valence-electron chi connectivity index (χ4n) is 4.04. The van der Waals surface area contributed by atoms with Gasteiger partial charge in [0.05, 0.1) is 25.5 Å². The lowest BCUT2D eigenvalue weighted by Gasteiger charge is -2.26. The molecule has 1 unspecified atom stereocenters. The zero-order chi connectivity index (χ0) is 22.0. The van der Waals surface area contributed by atoms with Crippen molar-refractivity contribution in [2.75, 3.05) is 20.3 Å². The van der Waals surface area contributed by atoms with Crippen molar-refractivity contribution in [3.63, 3.8) is 0 Å². The van der Waals surface area contributed by atoms with Gasteiger partial charge in [0, 0.05) is 17.7 Å². The Hall–Kier alpha value is -3.48. The second-order valence-electron chi connectivity index (χ2n) is 7.50. The van der Waals surface area contributed by atoms with Crippen LogP contribution >= 0.6 is 0 Å². The van der Waals surface area contributed by atoms with E-state index in [-0.39, 0.29) is 17.7 Å². The Labute approximate surface area is 181 Å². The number of carbonyl (C=O) groups is 1. The van der Waals surface area contributed by atoms with Gasteiger partial charge in [0.25, 0.3) is 5.91 Å². The largest absolute Gasteiger partial charge is 0.504 e. The predicted molar refractivity (Wildman–Crippen MR) is 118 cm³/mol. The van der Waals surface area contributed by atoms with Crippen LogP contribution < -0.4 is 9.47 Å². The molecule has 0 spiro atoms. The Balaban J connectivity index is 1.84. The van der Waals surface area contributed by atoms with E-state index in [1.807, 2.05) is 48.2 Å². The zero-order valence-electron chi connectivity index (χ0n) is 18.0. The first kappa shape index (κ1) is 20.8. The lowest BCUT2D eigenvalue weighted by Crippen LogP contribution is -2.30. The Morgan fingerprint density at radius 3 is 2.61 bits per heavy atom. The van der Waals surface area contributed by atoms with Crippen molar-refractivity contribution in [2.24, 2.45) is 0 Å². The molecule has 0 aliphatic carbocycles. The summed E-state index contributed by atoms with van der Waals surface area (Å²) in [5.41, 5.74) is 3.87. The fourth-order valence-corrected chi connectivity index (χ4v) is 4.04. The van der Waals surface area contributed by atoms with Gasteiger partial charge in [-0.2, -0.15) is 5.10 Å². The van der Waals surface area contributed by atoms with Gasteiger partial charge in [0.1, 0.15) is 11.4 Å². The third-order valence-corrected chi connectivity index (χ3v) is 5.58. The molecule has 0 saturated heterocycles. The van der Waals surface area contributed by atoms with Crippen molar-refractivity contribution in [3.8, 4) is 28.5 Å². The van der Waals surface area contributed by atoms with E-state index in [0.717, 1.165) is 41.0 Å². The standard InChI is InChI=1S/C24H27N3O4/c1-4-6-13-27-23(16-9-12-18(28)19(14-16)31-5-2)20-21(25-26-22(20)24(27)29)15-7-10-17(30-3)11-8-15/h7-12,14,23,28H,4-6,13H2,1-3H3,(H,25,26). The monoisotopic (exact) mass is 421 g/mol. The maximum atomic E-state index is 13.3. The Kier molecular flexibility index (Phi) is 5.84. The van der Waals surface area contributed by atoms with Gasteiger partial charge >= 0.3 is 0 Å². The van der Waals surface area contributed by atoms with Crippen LogP contribution in [-0.4, -0.2) is 46.4 Å². The maximum Gasteiger partial charge on any atom is 0.273 e. The summed E-state index contributed by atoms with van der Waals surface area (Å²) in [6.45, 7) is 5.05. The van der Waals surface area contributed by atoms with Crippen molar-refractivity contribution in [1.29, 1.82) is 0 Å². The summed E-state index contributed by atoms with van der Waals surface area (Å²) >= 11 is 0. The molecule has 0 bridgehead atoms. The average Bonchev–Trinajstić information content (AvgIpc) is 3.33. The predicted octanol–water partition coefficient (Wildman–Crippen LogP) is 4.53. The summed E-state index contributed by atoms with van der Waals surface area (Å²) in [6.07, 6.45) is 1.88. The van der Waals surface area contributed by atoms with Crippen LogP contribution in [0.15, 0.2) is 42.5 Å². The molecule has 2 aromatic carbocycles. The quantitative estimate of drug-likeness (QED) is 0.558. The van der Waals surface area contributed by atoms with Crippen LogP contribution in [0.4, 0.5) is 0 Å². The molecule has 0 saturated carbocycles. The Morgan fingerprint density at radius 1 is 1.16 bits per heavy atom. The van der Waals surface area contributed by atoms with E-state index in [2.05, 4.69) is 17.1 Å². The Morgan fingerprint density at radius 2 is 1.94 bits per heavy atom. The first-order chi connectivity index (χ1) is 15.1. The van der Waals surface area contributed by atoms with E-state index < -0.39 is 0 Å². The van der Waals surface area contributed by atoms with Crippen LogP contribution in [0.3, 0.4) is 0 Å². The SMILES string of the molecule is CCCCN1C(=O)c2[nH]nc(-c3ccc(OC)cc3)c2C1c1ccc(O)c(OCC)c1. The molecule has 2 heterocycles. The number of benzene rings is 2. The molecule has 1 atom stereocenters. The van der Waals surface area contributed by atoms with Gasteiger partial charge in [-0.05, 0) is 55.3 Å². The van der Waals surface area contributed by atoms with Crippen molar-refractivity contribution >= 4 is 5.91 Å². The summed E-state index contributed by atoms with van der Waals surface area (Å²) < 4.78 is 10.9. The van der Waals surface area contributed by atoms with Crippen LogP contribution in [0.2, 0.25) is 0 Å². The zero-order valence-corrected chi connectivity index (χ0v) is 18.0. The minimum Gasteiger partial charge on any atom is -0.504 e. The number of H-pyrrole nitrogens is 1. The molecular weight excluding hydrogens is 394 g/mol. The Bertz CT molecular complexity index is 1070. The van der Waals surface area contributed by atoms with Gasteiger partial charge in [-0.1, -0.05) is 19.4 Å². The third-order valence-electron chi connectivity index (χ3n) is 5.58. The number of carbonyl (C=O) groups excluding carboxylic acids is 1. The summed E-state index contributed by atoms with van der Waals surface area (Å²) in [6, 6.07) is 12.6. The highest BCUT2D eigenvalue weighted by Crippen LogP contribution is 2.44. The molecule has 0 fully saturated rings. The molecule has 0 radical (unpaired) electrons. The molecule has 2 N–H and O–H groups in total. The number of aromatic hydroxyl groups is 1. The second-order valence-corrected chi connectivity index (χ2v) is 7.50.